The third kappa shape index (κ3) is 5.42. The molecule has 0 spiro atoms. The first-order valence-electron chi connectivity index (χ1n) is 7.05. The molecular formula is C15H20FN3O3. The van der Waals surface area contributed by atoms with Gasteiger partial charge in [-0.2, -0.15) is 0 Å². The SMILES string of the molecule is COc1ccc(Cn2cc(COCCOCC[18F])nn2)cc1. The number of nitrogens with zero attached hydrogens (tertiary/aromatic N) is 3. The minimum atomic E-state index is -0.473. The summed E-state index contributed by atoms with van der Waals surface area (Å²) in [4.78, 5) is 0. The van der Waals surface area contributed by atoms with E-state index in [2.05, 4.69) is 10.3 Å². The molecule has 0 atom stereocenters. The summed E-state index contributed by atoms with van der Waals surface area (Å²) >= 11 is 0. The van der Waals surface area contributed by atoms with Crippen LogP contribution in [0.4, 0.5) is 4.39 Å². The molecule has 0 bridgehead atoms. The average molecular weight is 308 g/mol. The maximum Gasteiger partial charge on any atom is 0.118 e. The predicted octanol–water partition coefficient (Wildman–Crippen LogP) is 1.84. The Morgan fingerprint density at radius 1 is 1.09 bits per heavy atom. The molecule has 1 aromatic heterocycles. The number of methoxy groups -OCH3 is 1. The zero-order valence-corrected chi connectivity index (χ0v) is 12.6. The molecule has 6 nitrogen and oxygen atoms in total. The Morgan fingerprint density at radius 2 is 1.86 bits per heavy atom. The lowest BCUT2D eigenvalue weighted by atomic mass is 10.2. The predicted molar refractivity (Wildman–Crippen MR) is 78.6 cm³/mol. The second-order valence-electron chi connectivity index (χ2n) is 4.61. The molecule has 0 saturated heterocycles. The fraction of sp³-hybridized carbons (Fsp3) is 0.467. The third-order valence-corrected chi connectivity index (χ3v) is 2.93. The van der Waals surface area contributed by atoms with E-state index in [1.54, 1.807) is 11.8 Å². The lowest BCUT2D eigenvalue weighted by Crippen LogP contribution is -2.06. The van der Waals surface area contributed by atoms with Gasteiger partial charge in [0, 0.05) is 0 Å². The van der Waals surface area contributed by atoms with Gasteiger partial charge in [-0.05, 0) is 17.7 Å². The van der Waals surface area contributed by atoms with Gasteiger partial charge in [-0.25, -0.2) is 9.07 Å². The monoisotopic (exact) mass is 308 g/mol. The van der Waals surface area contributed by atoms with E-state index in [9.17, 15) is 4.39 Å². The first kappa shape index (κ1) is 16.4. The second-order valence-corrected chi connectivity index (χ2v) is 4.61. The third-order valence-electron chi connectivity index (χ3n) is 2.93. The first-order chi connectivity index (χ1) is 10.8. The Bertz CT molecular complexity index is 545. The number of hydrogen-bond donors (Lipinski definition) is 0. The minimum Gasteiger partial charge on any atom is -0.497 e. The molecule has 0 radical (unpaired) electrons. The van der Waals surface area contributed by atoms with E-state index in [0.717, 1.165) is 17.0 Å². The summed E-state index contributed by atoms with van der Waals surface area (Å²) < 4.78 is 29.0. The van der Waals surface area contributed by atoms with Crippen LogP contribution < -0.4 is 4.74 Å². The summed E-state index contributed by atoms with van der Waals surface area (Å²) in [6, 6.07) is 7.79. The van der Waals surface area contributed by atoms with Crippen LogP contribution in [0.15, 0.2) is 30.5 Å². The molecule has 0 N–H and O–H groups in total. The summed E-state index contributed by atoms with van der Waals surface area (Å²) in [5.41, 5.74) is 1.86. The van der Waals surface area contributed by atoms with Crippen molar-refractivity contribution >= 4 is 0 Å². The van der Waals surface area contributed by atoms with Gasteiger partial charge >= 0.3 is 0 Å². The Balaban J connectivity index is 1.73. The van der Waals surface area contributed by atoms with E-state index in [-0.39, 0.29) is 6.61 Å². The van der Waals surface area contributed by atoms with Crippen molar-refractivity contribution in [1.82, 2.24) is 15.0 Å². The van der Waals surface area contributed by atoms with Gasteiger partial charge < -0.3 is 14.2 Å². The molecule has 1 heterocycles. The first-order valence-corrected chi connectivity index (χ1v) is 7.05. The van der Waals surface area contributed by atoms with Crippen LogP contribution in [0.5, 0.6) is 5.75 Å². The molecule has 0 unspecified atom stereocenters. The molecule has 7 heteroatoms. The highest BCUT2D eigenvalue weighted by Crippen LogP contribution is 2.12. The van der Waals surface area contributed by atoms with E-state index in [1.807, 2.05) is 30.5 Å². The Kier molecular flexibility index (Phi) is 6.79. The molecule has 0 amide bonds. The molecule has 22 heavy (non-hydrogen) atoms. The van der Waals surface area contributed by atoms with Crippen molar-refractivity contribution in [1.29, 1.82) is 0 Å². The standard InChI is InChI=1S/C15H20FN3O3/c1-20-15-4-2-13(3-5-15)10-19-11-14(17-18-19)12-22-9-8-21-7-6-16/h2-5,11H,6-10,12H2,1H3/i16-1. The lowest BCUT2D eigenvalue weighted by molar-refractivity contribution is 0.0351. The Labute approximate surface area is 128 Å². The van der Waals surface area contributed by atoms with Crippen molar-refractivity contribution < 1.29 is 18.6 Å². The highest BCUT2D eigenvalue weighted by atomic mass is 18.2. The van der Waals surface area contributed by atoms with E-state index in [1.165, 1.54) is 0 Å². The van der Waals surface area contributed by atoms with Gasteiger partial charge in [0.2, 0.25) is 0 Å². The lowest BCUT2D eigenvalue weighted by Gasteiger charge is -2.03. The highest BCUT2D eigenvalue weighted by molar-refractivity contribution is 5.27. The summed E-state index contributed by atoms with van der Waals surface area (Å²) in [7, 11) is 1.64. The molecule has 0 aliphatic heterocycles. The van der Waals surface area contributed by atoms with Gasteiger partial charge in [0.15, 0.2) is 0 Å². The number of aromatic nitrogens is 3. The van der Waals surface area contributed by atoms with Crippen LogP contribution >= 0.6 is 0 Å². The van der Waals surface area contributed by atoms with Gasteiger partial charge in [0.1, 0.15) is 18.1 Å². The molecule has 1 aromatic carbocycles. The largest absolute Gasteiger partial charge is 0.497 e. The van der Waals surface area contributed by atoms with Crippen LogP contribution in [0.1, 0.15) is 11.3 Å². The quantitative estimate of drug-likeness (QED) is 0.627. The maximum absolute atomic E-state index is 11.8. The van der Waals surface area contributed by atoms with E-state index >= 15 is 0 Å². The molecule has 0 saturated carbocycles. The van der Waals surface area contributed by atoms with Crippen molar-refractivity contribution in [2.75, 3.05) is 33.6 Å². The fourth-order valence-electron chi connectivity index (χ4n) is 1.85. The van der Waals surface area contributed by atoms with Crippen LogP contribution in [0.3, 0.4) is 0 Å². The summed E-state index contributed by atoms with van der Waals surface area (Å²) in [5.74, 6) is 0.825. The van der Waals surface area contributed by atoms with Crippen LogP contribution in [-0.2, 0) is 22.6 Å². The number of alkyl halides is 1. The molecule has 0 fully saturated rings. The van der Waals surface area contributed by atoms with Crippen molar-refractivity contribution in [2.45, 2.75) is 13.2 Å². The Hall–Kier alpha value is -1.99. The topological polar surface area (TPSA) is 58.4 Å². The number of hydrogen-bond acceptors (Lipinski definition) is 5. The van der Waals surface area contributed by atoms with Gasteiger partial charge in [0.25, 0.3) is 0 Å². The van der Waals surface area contributed by atoms with Crippen molar-refractivity contribution in [3.05, 3.63) is 41.7 Å². The zero-order chi connectivity index (χ0) is 15.6. The molecule has 2 aromatic rings. The van der Waals surface area contributed by atoms with Crippen LogP contribution in [-0.4, -0.2) is 48.6 Å². The van der Waals surface area contributed by atoms with Crippen molar-refractivity contribution in [2.24, 2.45) is 0 Å². The number of benzene rings is 1. The van der Waals surface area contributed by atoms with E-state index in [4.69, 9.17) is 14.2 Å². The van der Waals surface area contributed by atoms with Gasteiger partial charge in [-0.3, -0.25) is 0 Å². The van der Waals surface area contributed by atoms with Gasteiger partial charge in [-0.1, -0.05) is 17.3 Å². The van der Waals surface area contributed by atoms with Crippen molar-refractivity contribution in [3.63, 3.8) is 0 Å². The van der Waals surface area contributed by atoms with Crippen LogP contribution in [0.2, 0.25) is 0 Å². The second kappa shape index (κ2) is 9.11. The fourth-order valence-corrected chi connectivity index (χ4v) is 1.85. The zero-order valence-electron chi connectivity index (χ0n) is 12.6. The molecule has 0 aliphatic carbocycles. The van der Waals surface area contributed by atoms with Crippen LogP contribution in [0.25, 0.3) is 0 Å². The number of rotatable bonds is 10. The molecule has 0 aliphatic rings. The highest BCUT2D eigenvalue weighted by Gasteiger charge is 2.02. The van der Waals surface area contributed by atoms with Crippen LogP contribution in [0, 0.1) is 0 Å². The Morgan fingerprint density at radius 3 is 2.59 bits per heavy atom. The van der Waals surface area contributed by atoms with Gasteiger partial charge in [-0.15, -0.1) is 5.10 Å². The summed E-state index contributed by atoms with van der Waals surface area (Å²) in [6.07, 6.45) is 1.84. The number of ether oxygens (including phenoxy) is 3. The van der Waals surface area contributed by atoms with Crippen molar-refractivity contribution in [3.8, 4) is 5.75 Å². The summed E-state index contributed by atoms with van der Waals surface area (Å²) in [6.45, 7) is 1.43. The van der Waals surface area contributed by atoms with E-state index < -0.39 is 6.67 Å². The molecule has 2 rings (SSSR count). The maximum atomic E-state index is 11.8. The summed E-state index contributed by atoms with van der Waals surface area (Å²) in [5, 5.41) is 8.10. The van der Waals surface area contributed by atoms with E-state index in [0.29, 0.717) is 26.4 Å². The smallest absolute Gasteiger partial charge is 0.118 e. The van der Waals surface area contributed by atoms with Gasteiger partial charge in [0.05, 0.1) is 46.3 Å². The average Bonchev–Trinajstić information content (AvgIpc) is 2.99. The number of halogens is 1. The molecule has 120 valence electrons. The normalized spacial score (nSPS) is 10.8. The molecular weight excluding hydrogens is 288 g/mol. The minimum absolute atomic E-state index is 0.113.